The highest BCUT2D eigenvalue weighted by molar-refractivity contribution is 7.99. The number of nitrogens with zero attached hydrogens (tertiary/aromatic N) is 3. The van der Waals surface area contributed by atoms with Gasteiger partial charge in [0.15, 0.2) is 5.16 Å². The minimum absolute atomic E-state index is 0.0119. The summed E-state index contributed by atoms with van der Waals surface area (Å²) in [5.74, 6) is 0.798. The molecule has 0 aliphatic carbocycles. The number of aromatic hydroxyl groups is 1. The second kappa shape index (κ2) is 9.61. The summed E-state index contributed by atoms with van der Waals surface area (Å²) in [5, 5.41) is 10.6. The van der Waals surface area contributed by atoms with Gasteiger partial charge in [-0.2, -0.15) is 4.98 Å². The third-order valence-electron chi connectivity index (χ3n) is 6.68. The first kappa shape index (κ1) is 23.2. The van der Waals surface area contributed by atoms with Gasteiger partial charge in [0.05, 0.1) is 18.4 Å². The molecule has 1 aromatic carbocycles. The lowest BCUT2D eigenvalue weighted by Crippen LogP contribution is -2.49. The number of hydrogen-bond donors (Lipinski definition) is 2. The number of methoxy groups -OCH3 is 1. The Bertz CT molecular complexity index is 1370. The van der Waals surface area contributed by atoms with Crippen LogP contribution in [0, 0.1) is 5.92 Å². The van der Waals surface area contributed by atoms with Crippen LogP contribution in [-0.4, -0.2) is 56.4 Å². The van der Waals surface area contributed by atoms with E-state index in [2.05, 4.69) is 9.97 Å². The van der Waals surface area contributed by atoms with Crippen molar-refractivity contribution in [3.05, 3.63) is 80.0 Å². The minimum atomic E-state index is -0.433. The lowest BCUT2D eigenvalue weighted by atomic mass is 9.83. The molecular formula is C25H26N4O5S. The number of aromatic amines is 1. The van der Waals surface area contributed by atoms with Gasteiger partial charge in [0, 0.05) is 43.7 Å². The van der Waals surface area contributed by atoms with E-state index in [1.165, 1.54) is 0 Å². The maximum atomic E-state index is 13.0. The second-order valence-electron chi connectivity index (χ2n) is 8.98. The molecule has 2 bridgehead atoms. The number of likely N-dealkylation sites (tertiary alicyclic amines) is 1. The number of carbonyl (C=O) groups excluding carboxylic acids is 1. The summed E-state index contributed by atoms with van der Waals surface area (Å²) < 4.78 is 6.97. The van der Waals surface area contributed by atoms with Gasteiger partial charge >= 0.3 is 0 Å². The van der Waals surface area contributed by atoms with Crippen LogP contribution in [0.5, 0.6) is 11.6 Å². The molecule has 2 N–H and O–H groups in total. The fraction of sp³-hybridized carbons (Fsp3) is 0.360. The van der Waals surface area contributed by atoms with Crippen LogP contribution in [0.15, 0.2) is 57.2 Å². The molecule has 0 spiro atoms. The Morgan fingerprint density at radius 1 is 1.17 bits per heavy atom. The Balaban J connectivity index is 1.23. The van der Waals surface area contributed by atoms with Crippen LogP contribution in [0.25, 0.3) is 0 Å². The van der Waals surface area contributed by atoms with Crippen LogP contribution in [0.3, 0.4) is 0 Å². The number of thioether (sulfide) groups is 1. The maximum Gasteiger partial charge on any atom is 0.258 e. The van der Waals surface area contributed by atoms with Crippen molar-refractivity contribution < 1.29 is 14.6 Å². The highest BCUT2D eigenvalue weighted by atomic mass is 32.2. The predicted molar refractivity (Wildman–Crippen MR) is 131 cm³/mol. The number of nitrogens with one attached hydrogen (secondary N) is 1. The van der Waals surface area contributed by atoms with Gasteiger partial charge in [-0.25, -0.2) is 0 Å². The number of benzene rings is 1. The van der Waals surface area contributed by atoms with Gasteiger partial charge < -0.3 is 24.3 Å². The molecule has 0 unspecified atom stereocenters. The summed E-state index contributed by atoms with van der Waals surface area (Å²) in [6, 6.07) is 12.5. The fourth-order valence-electron chi connectivity index (χ4n) is 4.96. The van der Waals surface area contributed by atoms with Crippen molar-refractivity contribution in [3.63, 3.8) is 0 Å². The molecule has 1 fully saturated rings. The van der Waals surface area contributed by atoms with Crippen LogP contribution < -0.4 is 15.9 Å². The normalized spacial score (nSPS) is 18.7. The summed E-state index contributed by atoms with van der Waals surface area (Å²) in [5.41, 5.74) is 1.57. The number of piperidine rings is 1. The number of fused-ring (bicyclic) bond motifs is 4. The average molecular weight is 495 g/mol. The zero-order valence-corrected chi connectivity index (χ0v) is 20.1. The molecule has 10 heteroatoms. The van der Waals surface area contributed by atoms with Crippen molar-refractivity contribution in [2.75, 3.05) is 26.0 Å². The van der Waals surface area contributed by atoms with Gasteiger partial charge in [0.1, 0.15) is 5.75 Å². The standard InChI is InChI=1S/C25H26N4O5S/c1-34-18-7-5-15(6-8-18)10-19-23(32)26-25(27-24(19)33)35-14-22(31)28-11-16-9-17(13-28)20-3-2-4-21(30)29(20)12-16/h2-8,16-17H,9-14H2,1H3,(H2,26,27,32,33)/t16-,17+/m1/s1. The van der Waals surface area contributed by atoms with Gasteiger partial charge in [-0.15, -0.1) is 0 Å². The average Bonchev–Trinajstić information content (AvgIpc) is 2.85. The second-order valence-corrected chi connectivity index (χ2v) is 9.95. The van der Waals surface area contributed by atoms with E-state index in [4.69, 9.17) is 4.74 Å². The van der Waals surface area contributed by atoms with Crippen LogP contribution in [0.4, 0.5) is 0 Å². The molecule has 0 saturated carbocycles. The van der Waals surface area contributed by atoms with Crippen molar-refractivity contribution in [1.29, 1.82) is 0 Å². The number of carbonyl (C=O) groups is 1. The van der Waals surface area contributed by atoms with Crippen LogP contribution in [0.1, 0.15) is 29.2 Å². The Morgan fingerprint density at radius 2 is 1.97 bits per heavy atom. The predicted octanol–water partition coefficient (Wildman–Crippen LogP) is 1.97. The number of rotatable bonds is 6. The number of H-pyrrole nitrogens is 1. The molecule has 2 aliphatic rings. The van der Waals surface area contributed by atoms with Gasteiger partial charge in [-0.1, -0.05) is 30.0 Å². The monoisotopic (exact) mass is 494 g/mol. The van der Waals surface area contributed by atoms with Gasteiger partial charge in [0.25, 0.3) is 11.1 Å². The van der Waals surface area contributed by atoms with Crippen LogP contribution in [-0.2, 0) is 17.8 Å². The van der Waals surface area contributed by atoms with E-state index in [1.54, 1.807) is 31.4 Å². The first-order valence-corrected chi connectivity index (χ1v) is 12.4. The van der Waals surface area contributed by atoms with E-state index in [-0.39, 0.29) is 52.1 Å². The van der Waals surface area contributed by atoms with Crippen molar-refractivity contribution in [1.82, 2.24) is 19.4 Å². The molecule has 2 atom stereocenters. The van der Waals surface area contributed by atoms with E-state index < -0.39 is 5.56 Å². The number of amides is 1. The lowest BCUT2D eigenvalue weighted by Gasteiger charge is -2.42. The lowest BCUT2D eigenvalue weighted by molar-refractivity contribution is -0.131. The summed E-state index contributed by atoms with van der Waals surface area (Å²) >= 11 is 1.10. The van der Waals surface area contributed by atoms with Crippen molar-refractivity contribution >= 4 is 17.7 Å². The van der Waals surface area contributed by atoms with E-state index in [0.717, 1.165) is 29.4 Å². The Morgan fingerprint density at radius 3 is 2.71 bits per heavy atom. The molecule has 35 heavy (non-hydrogen) atoms. The summed E-state index contributed by atoms with van der Waals surface area (Å²) in [7, 11) is 1.58. The van der Waals surface area contributed by atoms with E-state index in [9.17, 15) is 19.5 Å². The molecule has 9 nitrogen and oxygen atoms in total. The Kier molecular flexibility index (Phi) is 6.38. The third-order valence-corrected chi connectivity index (χ3v) is 7.53. The van der Waals surface area contributed by atoms with Gasteiger partial charge in [-0.05, 0) is 36.1 Å². The maximum absolute atomic E-state index is 13.0. The van der Waals surface area contributed by atoms with Crippen molar-refractivity contribution in [2.24, 2.45) is 5.92 Å². The first-order chi connectivity index (χ1) is 16.9. The molecule has 2 aromatic heterocycles. The molecular weight excluding hydrogens is 468 g/mol. The number of aromatic nitrogens is 3. The molecule has 1 saturated heterocycles. The molecule has 1 amide bonds. The SMILES string of the molecule is COc1ccc(Cc2c(O)nc(SCC(=O)N3C[C@H]4C[C@@H](C3)c3cccc(=O)n3C4)[nH]c2=O)cc1. The third kappa shape index (κ3) is 4.84. The van der Waals surface area contributed by atoms with E-state index in [0.29, 0.717) is 25.4 Å². The quantitative estimate of drug-likeness (QED) is 0.397. The molecule has 0 radical (unpaired) electrons. The Hall–Kier alpha value is -3.53. The fourth-order valence-corrected chi connectivity index (χ4v) is 5.72. The zero-order chi connectivity index (χ0) is 24.5. The van der Waals surface area contributed by atoms with E-state index in [1.807, 2.05) is 27.7 Å². The molecule has 5 rings (SSSR count). The minimum Gasteiger partial charge on any atom is -0.497 e. The highest BCUT2D eigenvalue weighted by Gasteiger charge is 2.36. The number of pyridine rings is 1. The number of ether oxygens (including phenoxy) is 1. The highest BCUT2D eigenvalue weighted by Crippen LogP contribution is 2.35. The first-order valence-electron chi connectivity index (χ1n) is 11.5. The molecule has 2 aliphatic heterocycles. The van der Waals surface area contributed by atoms with Gasteiger partial charge in [0.2, 0.25) is 11.8 Å². The van der Waals surface area contributed by atoms with E-state index >= 15 is 0 Å². The summed E-state index contributed by atoms with van der Waals surface area (Å²) in [6.45, 7) is 1.79. The smallest absolute Gasteiger partial charge is 0.258 e. The molecule has 3 aromatic rings. The largest absolute Gasteiger partial charge is 0.497 e. The molecule has 4 heterocycles. The summed E-state index contributed by atoms with van der Waals surface area (Å²) in [6.07, 6.45) is 1.20. The molecule has 182 valence electrons. The van der Waals surface area contributed by atoms with Gasteiger partial charge in [-0.3, -0.25) is 14.4 Å². The summed E-state index contributed by atoms with van der Waals surface area (Å²) in [4.78, 5) is 46.4. The Labute approximate surface area is 205 Å². The van der Waals surface area contributed by atoms with Crippen molar-refractivity contribution in [2.45, 2.75) is 30.5 Å². The number of hydrogen-bond acceptors (Lipinski definition) is 7. The van der Waals surface area contributed by atoms with Crippen LogP contribution in [0.2, 0.25) is 0 Å². The van der Waals surface area contributed by atoms with Crippen molar-refractivity contribution in [3.8, 4) is 11.6 Å². The topological polar surface area (TPSA) is 118 Å². The zero-order valence-electron chi connectivity index (χ0n) is 19.3. The van der Waals surface area contributed by atoms with Crippen LogP contribution >= 0.6 is 11.8 Å².